The summed E-state index contributed by atoms with van der Waals surface area (Å²) < 4.78 is 5.03. The Bertz CT molecular complexity index is 451. The molecule has 0 aliphatic rings. The second-order valence-electron chi connectivity index (χ2n) is 3.32. The average molecular weight is 203 g/mol. The van der Waals surface area contributed by atoms with E-state index in [9.17, 15) is 0 Å². The summed E-state index contributed by atoms with van der Waals surface area (Å²) in [5.41, 5.74) is 2.16. The van der Waals surface area contributed by atoms with Gasteiger partial charge in [0.05, 0.1) is 0 Å². The maximum atomic E-state index is 5.03. The van der Waals surface area contributed by atoms with E-state index in [-0.39, 0.29) is 0 Å². The summed E-state index contributed by atoms with van der Waals surface area (Å²) in [6.07, 6.45) is 0. The van der Waals surface area contributed by atoms with Crippen molar-refractivity contribution in [3.63, 3.8) is 0 Å². The molecule has 0 atom stereocenters. The van der Waals surface area contributed by atoms with Crippen LogP contribution in [0.2, 0.25) is 0 Å². The lowest BCUT2D eigenvalue weighted by molar-refractivity contribution is 0.432. The van der Waals surface area contributed by atoms with Gasteiger partial charge in [0, 0.05) is 12.1 Å². The first-order valence-corrected chi connectivity index (χ1v) is 4.94. The Kier molecular flexibility index (Phi) is 2.67. The molecule has 0 amide bonds. The molecule has 0 radical (unpaired) electrons. The smallest absolute Gasteiger partial charge is 0.321 e. The van der Waals surface area contributed by atoms with Crippen molar-refractivity contribution in [3.8, 4) is 11.4 Å². The lowest BCUT2D eigenvalue weighted by atomic mass is 10.1. The minimum absolute atomic E-state index is 0.467. The van der Waals surface area contributed by atoms with E-state index in [2.05, 4.69) is 15.5 Å². The van der Waals surface area contributed by atoms with Crippen molar-refractivity contribution >= 4 is 6.01 Å². The van der Waals surface area contributed by atoms with E-state index >= 15 is 0 Å². The standard InChI is InChI=1S/C11H13N3O/c1-3-12-11-13-10(14-15-11)9-6-4-5-8(2)7-9/h4-7H,3H2,1-2H3,(H,12,13,14). The second kappa shape index (κ2) is 4.13. The van der Waals surface area contributed by atoms with Crippen LogP contribution in [0.25, 0.3) is 11.4 Å². The van der Waals surface area contributed by atoms with Gasteiger partial charge in [-0.25, -0.2) is 0 Å². The monoisotopic (exact) mass is 203 g/mol. The zero-order valence-corrected chi connectivity index (χ0v) is 8.82. The maximum absolute atomic E-state index is 5.03. The number of aryl methyl sites for hydroxylation is 1. The Morgan fingerprint density at radius 1 is 1.40 bits per heavy atom. The number of benzene rings is 1. The van der Waals surface area contributed by atoms with Crippen molar-refractivity contribution in [2.75, 3.05) is 11.9 Å². The van der Waals surface area contributed by atoms with Gasteiger partial charge in [0.25, 0.3) is 0 Å². The molecule has 0 bridgehead atoms. The van der Waals surface area contributed by atoms with Crippen LogP contribution in [-0.4, -0.2) is 16.7 Å². The molecule has 0 unspecified atom stereocenters. The molecule has 2 rings (SSSR count). The molecule has 15 heavy (non-hydrogen) atoms. The Hall–Kier alpha value is -1.84. The first-order chi connectivity index (χ1) is 7.29. The van der Waals surface area contributed by atoms with Crippen molar-refractivity contribution in [2.24, 2.45) is 0 Å². The number of nitrogens with one attached hydrogen (secondary N) is 1. The van der Waals surface area contributed by atoms with Gasteiger partial charge >= 0.3 is 6.01 Å². The number of nitrogens with zero attached hydrogens (tertiary/aromatic N) is 2. The fourth-order valence-corrected chi connectivity index (χ4v) is 1.35. The van der Waals surface area contributed by atoms with Gasteiger partial charge in [0.15, 0.2) is 0 Å². The van der Waals surface area contributed by atoms with Gasteiger partial charge in [-0.2, -0.15) is 4.98 Å². The third-order valence-electron chi connectivity index (χ3n) is 2.03. The van der Waals surface area contributed by atoms with Gasteiger partial charge in [-0.15, -0.1) is 0 Å². The largest absolute Gasteiger partial charge is 0.338 e. The molecule has 4 heteroatoms. The van der Waals surface area contributed by atoms with Gasteiger partial charge in [0.2, 0.25) is 5.82 Å². The highest BCUT2D eigenvalue weighted by Gasteiger charge is 2.06. The summed E-state index contributed by atoms with van der Waals surface area (Å²) in [4.78, 5) is 4.22. The number of anilines is 1. The summed E-state index contributed by atoms with van der Waals surface area (Å²) in [7, 11) is 0. The average Bonchev–Trinajstić information content (AvgIpc) is 2.67. The molecular weight excluding hydrogens is 190 g/mol. The lowest BCUT2D eigenvalue weighted by Crippen LogP contribution is -1.95. The van der Waals surface area contributed by atoms with Crippen molar-refractivity contribution in [2.45, 2.75) is 13.8 Å². The van der Waals surface area contributed by atoms with Crippen LogP contribution in [0.3, 0.4) is 0 Å². The Labute approximate surface area is 88.3 Å². The van der Waals surface area contributed by atoms with E-state index in [1.165, 1.54) is 5.56 Å². The molecule has 0 saturated heterocycles. The third kappa shape index (κ3) is 2.15. The van der Waals surface area contributed by atoms with Gasteiger partial charge in [-0.1, -0.05) is 28.9 Å². The fraction of sp³-hybridized carbons (Fsp3) is 0.273. The van der Waals surface area contributed by atoms with Crippen LogP contribution in [0.1, 0.15) is 12.5 Å². The summed E-state index contributed by atoms with van der Waals surface area (Å²) in [5, 5.41) is 6.87. The highest BCUT2D eigenvalue weighted by atomic mass is 16.5. The highest BCUT2D eigenvalue weighted by molar-refractivity contribution is 5.56. The van der Waals surface area contributed by atoms with Crippen LogP contribution in [0.15, 0.2) is 28.8 Å². The molecule has 2 aromatic rings. The van der Waals surface area contributed by atoms with Crippen LogP contribution in [0.4, 0.5) is 6.01 Å². The molecule has 1 aromatic heterocycles. The van der Waals surface area contributed by atoms with E-state index in [0.29, 0.717) is 11.8 Å². The molecule has 0 aliphatic carbocycles. The fourth-order valence-electron chi connectivity index (χ4n) is 1.35. The van der Waals surface area contributed by atoms with Gasteiger partial charge < -0.3 is 9.84 Å². The number of hydrogen-bond acceptors (Lipinski definition) is 4. The van der Waals surface area contributed by atoms with Crippen LogP contribution in [0.5, 0.6) is 0 Å². The van der Waals surface area contributed by atoms with Gasteiger partial charge in [-0.05, 0) is 19.9 Å². The van der Waals surface area contributed by atoms with Crippen LogP contribution >= 0.6 is 0 Å². The van der Waals surface area contributed by atoms with Crippen molar-refractivity contribution < 1.29 is 4.52 Å². The number of hydrogen-bond donors (Lipinski definition) is 1. The zero-order valence-electron chi connectivity index (χ0n) is 8.82. The Balaban J connectivity index is 2.29. The third-order valence-corrected chi connectivity index (χ3v) is 2.03. The second-order valence-corrected chi connectivity index (χ2v) is 3.32. The van der Waals surface area contributed by atoms with Crippen LogP contribution < -0.4 is 5.32 Å². The van der Waals surface area contributed by atoms with Crippen molar-refractivity contribution in [3.05, 3.63) is 29.8 Å². The molecule has 78 valence electrons. The molecule has 4 nitrogen and oxygen atoms in total. The first kappa shape index (κ1) is 9.71. The van der Waals surface area contributed by atoms with E-state index in [0.717, 1.165) is 12.1 Å². The van der Waals surface area contributed by atoms with E-state index in [1.807, 2.05) is 38.1 Å². The first-order valence-electron chi connectivity index (χ1n) is 4.94. The van der Waals surface area contributed by atoms with Gasteiger partial charge in [0.1, 0.15) is 0 Å². The molecule has 0 fully saturated rings. The predicted octanol–water partition coefficient (Wildman–Crippen LogP) is 2.48. The Morgan fingerprint density at radius 2 is 2.27 bits per heavy atom. The lowest BCUT2D eigenvalue weighted by Gasteiger charge is -1.95. The van der Waals surface area contributed by atoms with Gasteiger partial charge in [-0.3, -0.25) is 0 Å². The highest BCUT2D eigenvalue weighted by Crippen LogP contribution is 2.18. The van der Waals surface area contributed by atoms with Crippen LogP contribution in [0, 0.1) is 6.92 Å². The summed E-state index contributed by atoms with van der Waals surface area (Å²) >= 11 is 0. The normalized spacial score (nSPS) is 10.3. The number of rotatable bonds is 3. The zero-order chi connectivity index (χ0) is 10.7. The van der Waals surface area contributed by atoms with Crippen molar-refractivity contribution in [1.82, 2.24) is 10.1 Å². The van der Waals surface area contributed by atoms with E-state index < -0.39 is 0 Å². The number of aromatic nitrogens is 2. The molecule has 0 saturated carbocycles. The molecule has 1 aromatic carbocycles. The predicted molar refractivity (Wildman–Crippen MR) is 58.6 cm³/mol. The van der Waals surface area contributed by atoms with E-state index in [1.54, 1.807) is 0 Å². The SMILES string of the molecule is CCNc1nc(-c2cccc(C)c2)no1. The topological polar surface area (TPSA) is 51.0 Å². The molecule has 0 spiro atoms. The van der Waals surface area contributed by atoms with Crippen LogP contribution in [-0.2, 0) is 0 Å². The quantitative estimate of drug-likeness (QED) is 0.832. The summed E-state index contributed by atoms with van der Waals surface area (Å²) in [6.45, 7) is 4.79. The minimum Gasteiger partial charge on any atom is -0.338 e. The minimum atomic E-state index is 0.467. The Morgan fingerprint density at radius 3 is 3.00 bits per heavy atom. The van der Waals surface area contributed by atoms with Crippen molar-refractivity contribution in [1.29, 1.82) is 0 Å². The molecule has 0 aliphatic heterocycles. The molecular formula is C11H13N3O. The van der Waals surface area contributed by atoms with E-state index in [4.69, 9.17) is 4.52 Å². The molecule has 1 N–H and O–H groups in total. The summed E-state index contributed by atoms with van der Waals surface area (Å²) in [5.74, 6) is 0.620. The summed E-state index contributed by atoms with van der Waals surface area (Å²) in [6, 6.07) is 8.48. The molecule has 1 heterocycles. The maximum Gasteiger partial charge on any atom is 0.321 e.